The maximum atomic E-state index is 5.65. The van der Waals surface area contributed by atoms with Gasteiger partial charge < -0.3 is 15.4 Å². The normalized spacial score (nSPS) is 20.5. The van der Waals surface area contributed by atoms with Crippen molar-refractivity contribution in [2.75, 3.05) is 26.2 Å². The number of benzene rings is 1. The molecule has 1 saturated heterocycles. The molecule has 0 saturated carbocycles. The molecule has 1 aromatic carbocycles. The van der Waals surface area contributed by atoms with Gasteiger partial charge in [-0.2, -0.15) is 0 Å². The Kier molecular flexibility index (Phi) is 4.97. The van der Waals surface area contributed by atoms with Crippen LogP contribution in [0.3, 0.4) is 0 Å². The first-order chi connectivity index (χ1) is 9.05. The molecule has 0 amide bonds. The van der Waals surface area contributed by atoms with Gasteiger partial charge in [-0.15, -0.1) is 0 Å². The number of morpholine rings is 1. The molecule has 1 heterocycles. The van der Waals surface area contributed by atoms with Gasteiger partial charge in [0.05, 0.1) is 12.7 Å². The number of ether oxygens (including phenoxy) is 1. The van der Waals surface area contributed by atoms with Gasteiger partial charge in [-0.05, 0) is 16.5 Å². The lowest BCUT2D eigenvalue weighted by Gasteiger charge is -2.24. The summed E-state index contributed by atoms with van der Waals surface area (Å²) in [7, 11) is 0. The molecule has 1 unspecified atom stereocenters. The van der Waals surface area contributed by atoms with E-state index < -0.39 is 0 Å². The lowest BCUT2D eigenvalue weighted by atomic mass is 9.87. The molecule has 0 bridgehead atoms. The second kappa shape index (κ2) is 6.51. The zero-order chi connectivity index (χ0) is 13.7. The molecule has 3 nitrogen and oxygen atoms in total. The van der Waals surface area contributed by atoms with Crippen molar-refractivity contribution in [1.29, 1.82) is 0 Å². The van der Waals surface area contributed by atoms with Gasteiger partial charge in [0.1, 0.15) is 0 Å². The summed E-state index contributed by atoms with van der Waals surface area (Å²) in [6, 6.07) is 8.90. The van der Waals surface area contributed by atoms with E-state index in [0.29, 0.717) is 6.10 Å². The van der Waals surface area contributed by atoms with Crippen LogP contribution < -0.4 is 10.6 Å². The number of hydrogen-bond acceptors (Lipinski definition) is 3. The van der Waals surface area contributed by atoms with Crippen molar-refractivity contribution < 1.29 is 4.74 Å². The highest BCUT2D eigenvalue weighted by atomic mass is 16.5. The third kappa shape index (κ3) is 4.60. The van der Waals surface area contributed by atoms with E-state index in [2.05, 4.69) is 55.7 Å². The molecule has 1 aliphatic heterocycles. The maximum Gasteiger partial charge on any atom is 0.0824 e. The average molecular weight is 262 g/mol. The third-order valence-electron chi connectivity index (χ3n) is 3.53. The Labute approximate surface area is 116 Å². The van der Waals surface area contributed by atoms with Crippen molar-refractivity contribution in [3.05, 3.63) is 35.4 Å². The minimum Gasteiger partial charge on any atom is -0.374 e. The molecule has 1 aliphatic rings. The van der Waals surface area contributed by atoms with Crippen LogP contribution in [0.15, 0.2) is 24.3 Å². The Hall–Kier alpha value is -0.900. The fourth-order valence-corrected chi connectivity index (χ4v) is 2.25. The van der Waals surface area contributed by atoms with Gasteiger partial charge in [-0.25, -0.2) is 0 Å². The van der Waals surface area contributed by atoms with Gasteiger partial charge in [-0.3, -0.25) is 0 Å². The summed E-state index contributed by atoms with van der Waals surface area (Å²) in [5.41, 5.74) is 2.95. The monoisotopic (exact) mass is 262 g/mol. The Morgan fingerprint density at radius 1 is 1.26 bits per heavy atom. The summed E-state index contributed by atoms with van der Waals surface area (Å²) >= 11 is 0. The molecule has 0 radical (unpaired) electrons. The standard InChI is InChI=1S/C16H26N2O/c1-16(2,3)14-6-4-13(5-7-14)10-18-12-15-11-17-8-9-19-15/h4-7,15,17-18H,8-12H2,1-3H3. The predicted octanol–water partition coefficient (Wildman–Crippen LogP) is 2.06. The van der Waals surface area contributed by atoms with Crippen LogP contribution in [-0.2, 0) is 16.7 Å². The van der Waals surface area contributed by atoms with Crippen molar-refractivity contribution in [3.8, 4) is 0 Å². The first kappa shape index (κ1) is 14.5. The molecule has 1 fully saturated rings. The molecular weight excluding hydrogens is 236 g/mol. The zero-order valence-corrected chi connectivity index (χ0v) is 12.3. The van der Waals surface area contributed by atoms with E-state index >= 15 is 0 Å². The van der Waals surface area contributed by atoms with Crippen molar-refractivity contribution in [2.24, 2.45) is 0 Å². The van der Waals surface area contributed by atoms with Crippen LogP contribution in [0.4, 0.5) is 0 Å². The maximum absolute atomic E-state index is 5.65. The van der Waals surface area contributed by atoms with E-state index in [4.69, 9.17) is 4.74 Å². The number of rotatable bonds is 4. The van der Waals surface area contributed by atoms with Crippen molar-refractivity contribution in [2.45, 2.75) is 38.8 Å². The minimum absolute atomic E-state index is 0.230. The van der Waals surface area contributed by atoms with Crippen LogP contribution in [0.5, 0.6) is 0 Å². The average Bonchev–Trinajstić information content (AvgIpc) is 2.39. The van der Waals surface area contributed by atoms with E-state index in [1.54, 1.807) is 0 Å². The van der Waals surface area contributed by atoms with Crippen LogP contribution in [-0.4, -0.2) is 32.3 Å². The molecule has 0 aliphatic carbocycles. The summed E-state index contributed by atoms with van der Waals surface area (Å²) in [5.74, 6) is 0. The van der Waals surface area contributed by atoms with Gasteiger partial charge in [0, 0.05) is 26.2 Å². The van der Waals surface area contributed by atoms with Crippen LogP contribution >= 0.6 is 0 Å². The van der Waals surface area contributed by atoms with Gasteiger partial charge >= 0.3 is 0 Å². The number of nitrogens with one attached hydrogen (secondary N) is 2. The second-order valence-corrected chi connectivity index (χ2v) is 6.27. The summed E-state index contributed by atoms with van der Waals surface area (Å²) in [6.45, 7) is 11.3. The first-order valence-corrected chi connectivity index (χ1v) is 7.18. The number of hydrogen-bond donors (Lipinski definition) is 2. The summed E-state index contributed by atoms with van der Waals surface area (Å²) in [5, 5.41) is 6.81. The lowest BCUT2D eigenvalue weighted by Crippen LogP contribution is -2.43. The highest BCUT2D eigenvalue weighted by molar-refractivity contribution is 5.27. The topological polar surface area (TPSA) is 33.3 Å². The van der Waals surface area contributed by atoms with Gasteiger partial charge in [0.2, 0.25) is 0 Å². The van der Waals surface area contributed by atoms with E-state index in [-0.39, 0.29) is 5.41 Å². The van der Waals surface area contributed by atoms with Gasteiger partial charge in [-0.1, -0.05) is 45.0 Å². The highest BCUT2D eigenvalue weighted by Crippen LogP contribution is 2.22. The van der Waals surface area contributed by atoms with Gasteiger partial charge in [0.25, 0.3) is 0 Å². The van der Waals surface area contributed by atoms with E-state index in [1.807, 2.05) is 0 Å². The molecule has 1 aromatic rings. The Bertz CT molecular complexity index is 375. The van der Waals surface area contributed by atoms with Crippen LogP contribution in [0, 0.1) is 0 Å². The van der Waals surface area contributed by atoms with Crippen molar-refractivity contribution in [1.82, 2.24) is 10.6 Å². The lowest BCUT2D eigenvalue weighted by molar-refractivity contribution is 0.0290. The third-order valence-corrected chi connectivity index (χ3v) is 3.53. The fraction of sp³-hybridized carbons (Fsp3) is 0.625. The first-order valence-electron chi connectivity index (χ1n) is 7.18. The van der Waals surface area contributed by atoms with Crippen LogP contribution in [0.1, 0.15) is 31.9 Å². The van der Waals surface area contributed by atoms with E-state index in [9.17, 15) is 0 Å². The Morgan fingerprint density at radius 2 is 2.00 bits per heavy atom. The highest BCUT2D eigenvalue weighted by Gasteiger charge is 2.14. The van der Waals surface area contributed by atoms with Crippen LogP contribution in [0.2, 0.25) is 0 Å². The summed E-state index contributed by atoms with van der Waals surface area (Å²) < 4.78 is 5.65. The van der Waals surface area contributed by atoms with E-state index in [0.717, 1.165) is 32.8 Å². The molecule has 0 spiro atoms. The van der Waals surface area contributed by atoms with E-state index in [1.165, 1.54) is 11.1 Å². The molecule has 19 heavy (non-hydrogen) atoms. The zero-order valence-electron chi connectivity index (χ0n) is 12.3. The predicted molar refractivity (Wildman–Crippen MR) is 79.5 cm³/mol. The summed E-state index contributed by atoms with van der Waals surface area (Å²) in [4.78, 5) is 0. The van der Waals surface area contributed by atoms with Crippen LogP contribution in [0.25, 0.3) is 0 Å². The quantitative estimate of drug-likeness (QED) is 0.871. The molecule has 2 rings (SSSR count). The largest absolute Gasteiger partial charge is 0.374 e. The van der Waals surface area contributed by atoms with Crippen molar-refractivity contribution >= 4 is 0 Å². The fourth-order valence-electron chi connectivity index (χ4n) is 2.25. The minimum atomic E-state index is 0.230. The molecule has 2 N–H and O–H groups in total. The Balaban J connectivity index is 1.76. The Morgan fingerprint density at radius 3 is 2.58 bits per heavy atom. The van der Waals surface area contributed by atoms with Crippen molar-refractivity contribution in [3.63, 3.8) is 0 Å². The molecule has 3 heteroatoms. The smallest absolute Gasteiger partial charge is 0.0824 e. The molecule has 0 aromatic heterocycles. The molecular formula is C16H26N2O. The molecule has 106 valence electrons. The van der Waals surface area contributed by atoms with Gasteiger partial charge in [0.15, 0.2) is 0 Å². The molecule has 1 atom stereocenters. The summed E-state index contributed by atoms with van der Waals surface area (Å²) in [6.07, 6.45) is 0.308. The second-order valence-electron chi connectivity index (χ2n) is 6.27. The SMILES string of the molecule is CC(C)(C)c1ccc(CNCC2CNCCO2)cc1.